The topological polar surface area (TPSA) is 69.7 Å². The van der Waals surface area contributed by atoms with Crippen LogP contribution in [-0.4, -0.2) is 35.0 Å². The third-order valence-electron chi connectivity index (χ3n) is 6.15. The SMILES string of the molecule is CNC(=S)N1N=C(c2c(-c3ccc(Cl)cc3)c3ccccc3[nH]c2=O)C[C@H]1c1cccc(OC)c1. The monoisotopic (exact) mass is 502 g/mol. The van der Waals surface area contributed by atoms with Crippen LogP contribution in [0.4, 0.5) is 0 Å². The maximum atomic E-state index is 13.5. The molecule has 1 aromatic heterocycles. The zero-order valence-electron chi connectivity index (χ0n) is 19.2. The van der Waals surface area contributed by atoms with Crippen LogP contribution in [0, 0.1) is 0 Å². The van der Waals surface area contributed by atoms with E-state index in [4.69, 9.17) is 33.7 Å². The molecule has 0 spiro atoms. The summed E-state index contributed by atoms with van der Waals surface area (Å²) in [5.74, 6) is 0.747. The van der Waals surface area contributed by atoms with Gasteiger partial charge in [0.1, 0.15) is 5.75 Å². The van der Waals surface area contributed by atoms with E-state index < -0.39 is 0 Å². The maximum Gasteiger partial charge on any atom is 0.258 e. The molecule has 0 fully saturated rings. The van der Waals surface area contributed by atoms with Crippen molar-refractivity contribution in [1.29, 1.82) is 0 Å². The van der Waals surface area contributed by atoms with E-state index in [9.17, 15) is 4.79 Å². The normalized spacial score (nSPS) is 15.2. The Morgan fingerprint density at radius 1 is 1.11 bits per heavy atom. The molecule has 6 nitrogen and oxygen atoms in total. The van der Waals surface area contributed by atoms with Gasteiger partial charge in [-0.2, -0.15) is 5.10 Å². The molecule has 176 valence electrons. The highest BCUT2D eigenvalue weighted by Crippen LogP contribution is 2.37. The van der Waals surface area contributed by atoms with E-state index in [1.165, 1.54) is 0 Å². The molecule has 1 aliphatic rings. The van der Waals surface area contributed by atoms with Crippen LogP contribution in [0.5, 0.6) is 5.75 Å². The van der Waals surface area contributed by atoms with Gasteiger partial charge in [-0.15, -0.1) is 0 Å². The van der Waals surface area contributed by atoms with Crippen LogP contribution in [-0.2, 0) is 0 Å². The number of nitrogens with zero attached hydrogens (tertiary/aromatic N) is 2. The Bertz CT molecular complexity index is 1510. The van der Waals surface area contributed by atoms with Crippen molar-refractivity contribution in [2.45, 2.75) is 12.5 Å². The molecular weight excluding hydrogens is 480 g/mol. The Kier molecular flexibility index (Phi) is 6.28. The number of aromatic nitrogens is 1. The molecule has 35 heavy (non-hydrogen) atoms. The summed E-state index contributed by atoms with van der Waals surface area (Å²) in [6, 6.07) is 22.9. The Balaban J connectivity index is 1.71. The summed E-state index contributed by atoms with van der Waals surface area (Å²) in [6.07, 6.45) is 0.497. The van der Waals surface area contributed by atoms with Gasteiger partial charge in [-0.25, -0.2) is 5.01 Å². The van der Waals surface area contributed by atoms with E-state index in [0.29, 0.717) is 27.8 Å². The lowest BCUT2D eigenvalue weighted by molar-refractivity contribution is 0.363. The van der Waals surface area contributed by atoms with Crippen LogP contribution in [0.15, 0.2) is 82.7 Å². The summed E-state index contributed by atoms with van der Waals surface area (Å²) in [7, 11) is 3.40. The van der Waals surface area contributed by atoms with E-state index in [1.54, 1.807) is 19.2 Å². The number of para-hydroxylation sites is 1. The Labute approximate surface area is 213 Å². The molecule has 2 N–H and O–H groups in total. The van der Waals surface area contributed by atoms with E-state index >= 15 is 0 Å². The number of ether oxygens (including phenoxy) is 1. The first-order chi connectivity index (χ1) is 17.0. The van der Waals surface area contributed by atoms with Crippen LogP contribution >= 0.6 is 23.8 Å². The molecule has 0 bridgehead atoms. The number of hydrogen-bond donors (Lipinski definition) is 2. The predicted molar refractivity (Wildman–Crippen MR) is 145 cm³/mol. The highest BCUT2D eigenvalue weighted by Gasteiger charge is 2.34. The number of rotatable bonds is 4. The summed E-state index contributed by atoms with van der Waals surface area (Å²) in [4.78, 5) is 16.6. The third kappa shape index (κ3) is 4.29. The van der Waals surface area contributed by atoms with Crippen molar-refractivity contribution in [3.63, 3.8) is 0 Å². The van der Waals surface area contributed by atoms with Crippen LogP contribution in [0.25, 0.3) is 22.0 Å². The van der Waals surface area contributed by atoms with Crippen LogP contribution in [0.3, 0.4) is 0 Å². The minimum atomic E-state index is -0.200. The number of halogens is 1. The molecular formula is C27H23ClN4O2S. The summed E-state index contributed by atoms with van der Waals surface area (Å²) in [5.41, 5.74) is 4.45. The van der Waals surface area contributed by atoms with E-state index in [2.05, 4.69) is 10.3 Å². The highest BCUT2D eigenvalue weighted by molar-refractivity contribution is 7.80. The summed E-state index contributed by atoms with van der Waals surface area (Å²) in [6.45, 7) is 0. The van der Waals surface area contributed by atoms with Gasteiger partial charge in [0.2, 0.25) is 0 Å². The number of hydrazone groups is 1. The number of thiocarbonyl (C=S) groups is 1. The van der Waals surface area contributed by atoms with Gasteiger partial charge in [-0.05, 0) is 53.7 Å². The van der Waals surface area contributed by atoms with Gasteiger partial charge in [0.15, 0.2) is 5.11 Å². The Hall–Kier alpha value is -3.68. The fourth-order valence-electron chi connectivity index (χ4n) is 4.51. The average Bonchev–Trinajstić information content (AvgIpc) is 3.33. The van der Waals surface area contributed by atoms with Crippen molar-refractivity contribution in [3.8, 4) is 16.9 Å². The lowest BCUT2D eigenvalue weighted by Crippen LogP contribution is -2.34. The van der Waals surface area contributed by atoms with Gasteiger partial charge in [-0.1, -0.05) is 54.1 Å². The van der Waals surface area contributed by atoms with Gasteiger partial charge in [0.05, 0.1) is 24.4 Å². The van der Waals surface area contributed by atoms with Crippen molar-refractivity contribution >= 4 is 45.5 Å². The van der Waals surface area contributed by atoms with Crippen LogP contribution in [0.2, 0.25) is 5.02 Å². The first-order valence-corrected chi connectivity index (χ1v) is 11.9. The van der Waals surface area contributed by atoms with Gasteiger partial charge >= 0.3 is 0 Å². The van der Waals surface area contributed by atoms with Crippen molar-refractivity contribution in [3.05, 3.63) is 99.3 Å². The largest absolute Gasteiger partial charge is 0.497 e. The second-order valence-corrected chi connectivity index (χ2v) is 9.02. The number of methoxy groups -OCH3 is 1. The minimum absolute atomic E-state index is 0.191. The molecule has 0 unspecified atom stereocenters. The fraction of sp³-hybridized carbons (Fsp3) is 0.148. The van der Waals surface area contributed by atoms with Gasteiger partial charge < -0.3 is 15.0 Å². The molecule has 3 aromatic carbocycles. The van der Waals surface area contributed by atoms with Crippen LogP contribution < -0.4 is 15.6 Å². The number of hydrogen-bond acceptors (Lipinski definition) is 4. The molecule has 4 aromatic rings. The quantitative estimate of drug-likeness (QED) is 0.360. The standard InChI is InChI=1S/C27H23ClN4O2S/c1-29-27(35)32-23(17-6-5-7-19(14-17)34-2)15-22(31-32)25-24(16-10-12-18(28)13-11-16)20-8-3-4-9-21(20)30-26(25)33/h3-14,23H,15H2,1-2H3,(H,29,35)(H,30,33)/t23-/m0/s1. The van der Waals surface area contributed by atoms with Crippen molar-refractivity contribution in [1.82, 2.24) is 15.3 Å². The molecule has 1 aliphatic heterocycles. The molecule has 5 rings (SSSR count). The molecule has 1 atom stereocenters. The van der Waals surface area contributed by atoms with Crippen molar-refractivity contribution in [2.75, 3.05) is 14.2 Å². The van der Waals surface area contributed by atoms with Crippen LogP contribution in [0.1, 0.15) is 23.6 Å². The number of aromatic amines is 1. The first-order valence-electron chi connectivity index (χ1n) is 11.1. The number of pyridine rings is 1. The van der Waals surface area contributed by atoms with E-state index in [0.717, 1.165) is 33.3 Å². The minimum Gasteiger partial charge on any atom is -0.497 e. The smallest absolute Gasteiger partial charge is 0.258 e. The second-order valence-electron chi connectivity index (χ2n) is 8.20. The number of nitrogens with one attached hydrogen (secondary N) is 2. The molecule has 0 radical (unpaired) electrons. The lowest BCUT2D eigenvalue weighted by atomic mass is 9.91. The molecule has 0 amide bonds. The van der Waals surface area contributed by atoms with Crippen molar-refractivity contribution in [2.24, 2.45) is 5.10 Å². The Morgan fingerprint density at radius 2 is 1.89 bits per heavy atom. The van der Waals surface area contributed by atoms with E-state index in [-0.39, 0.29) is 11.6 Å². The maximum absolute atomic E-state index is 13.5. The van der Waals surface area contributed by atoms with E-state index in [1.807, 2.05) is 72.8 Å². The molecule has 0 saturated heterocycles. The molecule has 2 heterocycles. The summed E-state index contributed by atoms with van der Waals surface area (Å²) < 4.78 is 5.43. The second kappa shape index (κ2) is 9.52. The van der Waals surface area contributed by atoms with Gasteiger partial charge in [0.25, 0.3) is 5.56 Å². The zero-order chi connectivity index (χ0) is 24.5. The lowest BCUT2D eigenvalue weighted by Gasteiger charge is -2.24. The zero-order valence-corrected chi connectivity index (χ0v) is 20.8. The summed E-state index contributed by atoms with van der Waals surface area (Å²) in [5, 5.41) is 11.7. The molecule has 0 aliphatic carbocycles. The fourth-order valence-corrected chi connectivity index (χ4v) is 4.80. The van der Waals surface area contributed by atoms with Gasteiger partial charge in [0, 0.05) is 35.0 Å². The highest BCUT2D eigenvalue weighted by atomic mass is 35.5. The van der Waals surface area contributed by atoms with Gasteiger partial charge in [-0.3, -0.25) is 4.79 Å². The van der Waals surface area contributed by atoms with Crippen molar-refractivity contribution < 1.29 is 4.74 Å². The Morgan fingerprint density at radius 3 is 2.63 bits per heavy atom. The molecule has 8 heteroatoms. The summed E-state index contributed by atoms with van der Waals surface area (Å²) >= 11 is 11.7. The first kappa shape index (κ1) is 23.1. The number of fused-ring (bicyclic) bond motifs is 1. The molecule has 0 saturated carbocycles. The average molecular weight is 503 g/mol. The number of H-pyrrole nitrogens is 1. The number of benzene rings is 3. The third-order valence-corrected chi connectivity index (χ3v) is 6.80. The predicted octanol–water partition coefficient (Wildman–Crippen LogP) is 5.51.